The van der Waals surface area contributed by atoms with Gasteiger partial charge in [-0.2, -0.15) is 4.98 Å². The minimum atomic E-state index is -0.131. The van der Waals surface area contributed by atoms with Gasteiger partial charge in [-0.25, -0.2) is 14.5 Å². The summed E-state index contributed by atoms with van der Waals surface area (Å²) in [4.78, 5) is 25.6. The maximum atomic E-state index is 12.3. The Morgan fingerprint density at radius 1 is 1.15 bits per heavy atom. The second kappa shape index (κ2) is 6.90. The molecule has 138 valence electrons. The summed E-state index contributed by atoms with van der Waals surface area (Å²) in [6.45, 7) is 7.96. The van der Waals surface area contributed by atoms with Crippen LogP contribution in [-0.2, 0) is 4.79 Å². The third kappa shape index (κ3) is 3.65. The molecule has 0 atom stereocenters. The molecule has 0 radical (unpaired) electrons. The summed E-state index contributed by atoms with van der Waals surface area (Å²) in [5, 5.41) is 8.41. The van der Waals surface area contributed by atoms with Crippen molar-refractivity contribution in [2.24, 2.45) is 0 Å². The number of amides is 1. The quantitative estimate of drug-likeness (QED) is 0.528. The molecule has 7 nitrogen and oxygen atoms in total. The molecule has 3 aromatic heterocycles. The molecule has 0 saturated heterocycles. The van der Waals surface area contributed by atoms with Crippen LogP contribution >= 0.6 is 23.1 Å². The van der Waals surface area contributed by atoms with Crippen LogP contribution in [-0.4, -0.2) is 36.2 Å². The SMILES string of the molecule is Cc1cc(C)c2nc(NC(=O)CSc3nc4nc(C)cc(C)n4n3)sc2c1. The lowest BCUT2D eigenvalue weighted by atomic mass is 10.1. The number of hydrogen-bond acceptors (Lipinski definition) is 7. The third-order valence-electron chi connectivity index (χ3n) is 4.01. The molecular formula is C18H18N6OS2. The lowest BCUT2D eigenvalue weighted by Gasteiger charge is -1.99. The number of thiazole rings is 1. The van der Waals surface area contributed by atoms with E-state index in [0.717, 1.165) is 27.2 Å². The molecule has 1 aromatic carbocycles. The largest absolute Gasteiger partial charge is 0.301 e. The van der Waals surface area contributed by atoms with Gasteiger partial charge in [-0.3, -0.25) is 4.79 Å². The summed E-state index contributed by atoms with van der Waals surface area (Å²) >= 11 is 2.77. The molecule has 0 aliphatic heterocycles. The fraction of sp³-hybridized carbons (Fsp3) is 0.278. The number of nitrogens with one attached hydrogen (secondary N) is 1. The van der Waals surface area contributed by atoms with E-state index in [1.54, 1.807) is 4.52 Å². The van der Waals surface area contributed by atoms with Gasteiger partial charge in [0.25, 0.3) is 5.78 Å². The normalized spacial score (nSPS) is 11.4. The highest BCUT2D eigenvalue weighted by Gasteiger charge is 2.13. The first-order valence-corrected chi connectivity index (χ1v) is 10.2. The van der Waals surface area contributed by atoms with Crippen molar-refractivity contribution in [3.8, 4) is 0 Å². The Morgan fingerprint density at radius 3 is 2.78 bits per heavy atom. The molecule has 9 heteroatoms. The monoisotopic (exact) mass is 398 g/mol. The van der Waals surface area contributed by atoms with E-state index in [4.69, 9.17) is 0 Å². The zero-order chi connectivity index (χ0) is 19.1. The molecule has 1 amide bonds. The van der Waals surface area contributed by atoms with E-state index in [1.165, 1.54) is 28.7 Å². The number of carbonyl (C=O) groups is 1. The first-order chi connectivity index (χ1) is 12.9. The summed E-state index contributed by atoms with van der Waals surface area (Å²) in [6.07, 6.45) is 0. The van der Waals surface area contributed by atoms with Gasteiger partial charge in [0, 0.05) is 11.4 Å². The predicted molar refractivity (Wildman–Crippen MR) is 109 cm³/mol. The predicted octanol–water partition coefficient (Wildman–Crippen LogP) is 3.70. The van der Waals surface area contributed by atoms with Crippen LogP contribution < -0.4 is 5.32 Å². The first-order valence-electron chi connectivity index (χ1n) is 8.40. The lowest BCUT2D eigenvalue weighted by molar-refractivity contribution is -0.113. The third-order valence-corrected chi connectivity index (χ3v) is 5.76. The van der Waals surface area contributed by atoms with Crippen molar-refractivity contribution in [1.82, 2.24) is 24.6 Å². The minimum Gasteiger partial charge on any atom is -0.301 e. The molecule has 1 N–H and O–H groups in total. The van der Waals surface area contributed by atoms with Gasteiger partial charge < -0.3 is 5.32 Å². The summed E-state index contributed by atoms with van der Waals surface area (Å²) in [6, 6.07) is 6.12. The van der Waals surface area contributed by atoms with Crippen molar-refractivity contribution in [3.63, 3.8) is 0 Å². The Balaban J connectivity index is 1.45. The Labute approximate surface area is 164 Å². The van der Waals surface area contributed by atoms with Crippen LogP contribution in [0, 0.1) is 27.7 Å². The zero-order valence-electron chi connectivity index (χ0n) is 15.4. The number of rotatable bonds is 4. The van der Waals surface area contributed by atoms with E-state index in [2.05, 4.69) is 44.4 Å². The minimum absolute atomic E-state index is 0.131. The Morgan fingerprint density at radius 2 is 1.96 bits per heavy atom. The highest BCUT2D eigenvalue weighted by Crippen LogP contribution is 2.29. The number of anilines is 1. The van der Waals surface area contributed by atoms with Crippen molar-refractivity contribution in [3.05, 3.63) is 40.7 Å². The second-order valence-corrected chi connectivity index (χ2v) is 8.40. The van der Waals surface area contributed by atoms with Gasteiger partial charge in [-0.1, -0.05) is 29.2 Å². The van der Waals surface area contributed by atoms with E-state index in [1.807, 2.05) is 26.8 Å². The van der Waals surface area contributed by atoms with Crippen molar-refractivity contribution < 1.29 is 4.79 Å². The highest BCUT2D eigenvalue weighted by molar-refractivity contribution is 7.99. The highest BCUT2D eigenvalue weighted by atomic mass is 32.2. The molecule has 0 aliphatic rings. The van der Waals surface area contributed by atoms with Crippen LogP contribution in [0.4, 0.5) is 5.13 Å². The second-order valence-electron chi connectivity index (χ2n) is 6.43. The van der Waals surface area contributed by atoms with E-state index >= 15 is 0 Å². The maximum absolute atomic E-state index is 12.3. The molecule has 27 heavy (non-hydrogen) atoms. The molecule has 0 aliphatic carbocycles. The topological polar surface area (TPSA) is 85.1 Å². The maximum Gasteiger partial charge on any atom is 0.253 e. The van der Waals surface area contributed by atoms with Crippen molar-refractivity contribution >= 4 is 50.1 Å². The van der Waals surface area contributed by atoms with Crippen LogP contribution in [0.3, 0.4) is 0 Å². The Kier molecular flexibility index (Phi) is 4.56. The fourth-order valence-corrected chi connectivity index (χ4v) is 4.59. The molecule has 0 bridgehead atoms. The van der Waals surface area contributed by atoms with Crippen LogP contribution in [0.15, 0.2) is 23.4 Å². The van der Waals surface area contributed by atoms with Crippen molar-refractivity contribution in [2.45, 2.75) is 32.9 Å². The summed E-state index contributed by atoms with van der Waals surface area (Å²) in [7, 11) is 0. The number of benzene rings is 1. The number of aromatic nitrogens is 5. The van der Waals surface area contributed by atoms with Gasteiger partial charge in [0.2, 0.25) is 11.1 Å². The smallest absolute Gasteiger partial charge is 0.253 e. The molecule has 0 unspecified atom stereocenters. The van der Waals surface area contributed by atoms with Gasteiger partial charge in [-0.05, 0) is 51.0 Å². The molecule has 0 fully saturated rings. The van der Waals surface area contributed by atoms with Gasteiger partial charge in [-0.15, -0.1) is 5.10 Å². The number of nitrogens with zero attached hydrogens (tertiary/aromatic N) is 5. The van der Waals surface area contributed by atoms with Crippen molar-refractivity contribution in [2.75, 3.05) is 11.1 Å². The average Bonchev–Trinajstić information content (AvgIpc) is 3.16. The van der Waals surface area contributed by atoms with Crippen LogP contribution in [0.25, 0.3) is 16.0 Å². The van der Waals surface area contributed by atoms with E-state index in [9.17, 15) is 4.79 Å². The number of aryl methyl sites for hydroxylation is 4. The molecule has 0 saturated carbocycles. The number of thioether (sulfide) groups is 1. The Bertz CT molecular complexity index is 1180. The van der Waals surface area contributed by atoms with E-state index in [0.29, 0.717) is 16.1 Å². The van der Waals surface area contributed by atoms with Gasteiger partial charge in [0.1, 0.15) is 0 Å². The lowest BCUT2D eigenvalue weighted by Crippen LogP contribution is -2.13. The summed E-state index contributed by atoms with van der Waals surface area (Å²) in [5.41, 5.74) is 5.09. The molecule has 3 heterocycles. The summed E-state index contributed by atoms with van der Waals surface area (Å²) in [5.74, 6) is 0.628. The van der Waals surface area contributed by atoms with Crippen LogP contribution in [0.5, 0.6) is 0 Å². The molecule has 0 spiro atoms. The molecule has 4 aromatic rings. The number of carbonyl (C=O) groups excluding carboxylic acids is 1. The van der Waals surface area contributed by atoms with Crippen LogP contribution in [0.2, 0.25) is 0 Å². The molecular weight excluding hydrogens is 380 g/mol. The van der Waals surface area contributed by atoms with E-state index < -0.39 is 0 Å². The Hall–Kier alpha value is -2.52. The number of hydrogen-bond donors (Lipinski definition) is 1. The van der Waals surface area contributed by atoms with Gasteiger partial charge in [0.05, 0.1) is 16.0 Å². The van der Waals surface area contributed by atoms with Gasteiger partial charge in [0.15, 0.2) is 5.13 Å². The summed E-state index contributed by atoms with van der Waals surface area (Å²) < 4.78 is 2.76. The van der Waals surface area contributed by atoms with Crippen LogP contribution in [0.1, 0.15) is 22.5 Å². The first kappa shape index (κ1) is 17.9. The average molecular weight is 399 g/mol. The standard InChI is InChI=1S/C18H18N6OS2/c1-9-5-10(2)15-13(6-9)27-17(21-15)20-14(25)8-26-18-22-16-19-11(3)7-12(4)24(16)23-18/h5-7H,8H2,1-4H3,(H,20,21,25). The fourth-order valence-electron chi connectivity index (χ4n) is 2.92. The zero-order valence-corrected chi connectivity index (χ0v) is 17.0. The number of fused-ring (bicyclic) bond motifs is 2. The van der Waals surface area contributed by atoms with Crippen molar-refractivity contribution in [1.29, 1.82) is 0 Å². The molecule has 4 rings (SSSR count). The van der Waals surface area contributed by atoms with E-state index in [-0.39, 0.29) is 11.7 Å². The van der Waals surface area contributed by atoms with Gasteiger partial charge >= 0.3 is 0 Å².